The van der Waals surface area contributed by atoms with Gasteiger partial charge in [-0.3, -0.25) is 4.79 Å². The van der Waals surface area contributed by atoms with Crippen LogP contribution in [-0.2, 0) is 9.53 Å². The molecule has 0 spiro atoms. The molecule has 13 heavy (non-hydrogen) atoms. The Labute approximate surface area is 79.2 Å². The smallest absolute Gasteiger partial charge is 0.236 e. The van der Waals surface area contributed by atoms with E-state index in [2.05, 4.69) is 5.32 Å². The third kappa shape index (κ3) is 2.97. The zero-order chi connectivity index (χ0) is 9.84. The molecule has 1 saturated heterocycles. The van der Waals surface area contributed by atoms with Gasteiger partial charge >= 0.3 is 0 Å². The zero-order valence-corrected chi connectivity index (χ0v) is 8.54. The molecule has 0 bridgehead atoms. The first-order valence-corrected chi connectivity index (χ1v) is 4.71. The standard InChI is InChI=1S/C9H18N2O2/c1-7-5-11(6-8(2)13-7)9(12)4-10-3/h7-8,10H,4-6H2,1-3H3. The fraction of sp³-hybridized carbons (Fsp3) is 0.889. The van der Waals surface area contributed by atoms with Crippen LogP contribution in [0.5, 0.6) is 0 Å². The molecule has 0 aliphatic carbocycles. The average molecular weight is 186 g/mol. The van der Waals surface area contributed by atoms with Crippen molar-refractivity contribution in [2.45, 2.75) is 26.1 Å². The molecule has 2 atom stereocenters. The highest BCUT2D eigenvalue weighted by atomic mass is 16.5. The molecule has 4 heteroatoms. The van der Waals surface area contributed by atoms with Crippen LogP contribution in [0.2, 0.25) is 0 Å². The van der Waals surface area contributed by atoms with E-state index in [0.29, 0.717) is 19.6 Å². The van der Waals surface area contributed by atoms with Gasteiger partial charge in [-0.15, -0.1) is 0 Å². The zero-order valence-electron chi connectivity index (χ0n) is 8.54. The van der Waals surface area contributed by atoms with Crippen molar-refractivity contribution in [3.63, 3.8) is 0 Å². The van der Waals surface area contributed by atoms with Crippen molar-refractivity contribution in [1.82, 2.24) is 10.2 Å². The molecule has 2 unspecified atom stereocenters. The van der Waals surface area contributed by atoms with E-state index in [9.17, 15) is 4.79 Å². The Balaban J connectivity index is 2.45. The van der Waals surface area contributed by atoms with Gasteiger partial charge in [-0.05, 0) is 20.9 Å². The highest BCUT2D eigenvalue weighted by molar-refractivity contribution is 5.78. The predicted molar refractivity (Wildman–Crippen MR) is 50.5 cm³/mol. The second-order valence-corrected chi connectivity index (χ2v) is 3.59. The van der Waals surface area contributed by atoms with E-state index in [1.54, 1.807) is 7.05 Å². The molecule has 1 N–H and O–H groups in total. The van der Waals surface area contributed by atoms with Crippen LogP contribution in [0, 0.1) is 0 Å². The first-order valence-electron chi connectivity index (χ1n) is 4.71. The van der Waals surface area contributed by atoms with E-state index in [1.807, 2.05) is 18.7 Å². The van der Waals surface area contributed by atoms with Gasteiger partial charge in [0.25, 0.3) is 0 Å². The fourth-order valence-electron chi connectivity index (χ4n) is 1.64. The molecule has 0 saturated carbocycles. The Hall–Kier alpha value is -0.610. The van der Waals surface area contributed by atoms with Gasteiger partial charge in [0.05, 0.1) is 18.8 Å². The quantitative estimate of drug-likeness (QED) is 0.651. The molecular weight excluding hydrogens is 168 g/mol. The number of hydrogen-bond donors (Lipinski definition) is 1. The Bertz CT molecular complexity index is 174. The van der Waals surface area contributed by atoms with Crippen LogP contribution in [0.3, 0.4) is 0 Å². The van der Waals surface area contributed by atoms with Crippen LogP contribution in [0.1, 0.15) is 13.8 Å². The summed E-state index contributed by atoms with van der Waals surface area (Å²) < 4.78 is 5.53. The van der Waals surface area contributed by atoms with Gasteiger partial charge in [0.2, 0.25) is 5.91 Å². The molecule has 1 aliphatic heterocycles. The second-order valence-electron chi connectivity index (χ2n) is 3.59. The third-order valence-corrected chi connectivity index (χ3v) is 2.10. The van der Waals surface area contributed by atoms with Crippen molar-refractivity contribution in [2.24, 2.45) is 0 Å². The van der Waals surface area contributed by atoms with E-state index >= 15 is 0 Å². The number of carbonyl (C=O) groups excluding carboxylic acids is 1. The number of ether oxygens (including phenoxy) is 1. The number of carbonyl (C=O) groups is 1. The van der Waals surface area contributed by atoms with E-state index in [-0.39, 0.29) is 18.1 Å². The minimum atomic E-state index is 0.157. The number of nitrogens with one attached hydrogen (secondary N) is 1. The lowest BCUT2D eigenvalue weighted by atomic mass is 10.2. The Morgan fingerprint density at radius 2 is 2.00 bits per heavy atom. The van der Waals surface area contributed by atoms with Gasteiger partial charge in [-0.25, -0.2) is 0 Å². The third-order valence-electron chi connectivity index (χ3n) is 2.10. The van der Waals surface area contributed by atoms with Crippen molar-refractivity contribution in [3.05, 3.63) is 0 Å². The normalized spacial score (nSPS) is 29.0. The highest BCUT2D eigenvalue weighted by Gasteiger charge is 2.24. The van der Waals surface area contributed by atoms with Gasteiger partial charge in [0, 0.05) is 13.1 Å². The van der Waals surface area contributed by atoms with Crippen LogP contribution in [-0.4, -0.2) is 49.7 Å². The van der Waals surface area contributed by atoms with Gasteiger partial charge in [0.1, 0.15) is 0 Å². The monoisotopic (exact) mass is 186 g/mol. The lowest BCUT2D eigenvalue weighted by Gasteiger charge is -2.35. The Kier molecular flexibility index (Phi) is 3.69. The number of hydrogen-bond acceptors (Lipinski definition) is 3. The maximum Gasteiger partial charge on any atom is 0.236 e. The number of rotatable bonds is 2. The van der Waals surface area contributed by atoms with Gasteiger partial charge in [0.15, 0.2) is 0 Å². The molecular formula is C9H18N2O2. The summed E-state index contributed by atoms with van der Waals surface area (Å²) in [6.07, 6.45) is 0.314. The van der Waals surface area contributed by atoms with Crippen molar-refractivity contribution in [2.75, 3.05) is 26.7 Å². The molecule has 1 fully saturated rings. The van der Waals surface area contributed by atoms with Gasteiger partial charge in [-0.1, -0.05) is 0 Å². The molecule has 0 aromatic rings. The van der Waals surface area contributed by atoms with Crippen LogP contribution < -0.4 is 5.32 Å². The number of amides is 1. The van der Waals surface area contributed by atoms with Crippen molar-refractivity contribution >= 4 is 5.91 Å². The minimum Gasteiger partial charge on any atom is -0.372 e. The lowest BCUT2D eigenvalue weighted by Crippen LogP contribution is -2.50. The highest BCUT2D eigenvalue weighted by Crippen LogP contribution is 2.10. The van der Waals surface area contributed by atoms with Crippen LogP contribution in [0.4, 0.5) is 0 Å². The molecule has 76 valence electrons. The lowest BCUT2D eigenvalue weighted by molar-refractivity contribution is -0.142. The summed E-state index contributed by atoms with van der Waals surface area (Å²) in [5.74, 6) is 0.157. The minimum absolute atomic E-state index is 0.157. The van der Waals surface area contributed by atoms with Crippen LogP contribution in [0.15, 0.2) is 0 Å². The molecule has 4 nitrogen and oxygen atoms in total. The van der Waals surface area contributed by atoms with Gasteiger partial charge in [-0.2, -0.15) is 0 Å². The molecule has 1 aliphatic rings. The number of likely N-dealkylation sites (N-methyl/N-ethyl adjacent to an activating group) is 1. The summed E-state index contributed by atoms with van der Waals surface area (Å²) in [4.78, 5) is 13.4. The Morgan fingerprint density at radius 3 is 2.46 bits per heavy atom. The van der Waals surface area contributed by atoms with E-state index in [1.165, 1.54) is 0 Å². The molecule has 1 rings (SSSR count). The average Bonchev–Trinajstić information content (AvgIpc) is 2.03. The first kappa shape index (κ1) is 10.5. The maximum absolute atomic E-state index is 11.5. The van der Waals surface area contributed by atoms with E-state index in [0.717, 1.165) is 0 Å². The molecule has 0 radical (unpaired) electrons. The summed E-state index contributed by atoms with van der Waals surface area (Å²) >= 11 is 0. The SMILES string of the molecule is CNCC(=O)N1CC(C)OC(C)C1. The van der Waals surface area contributed by atoms with Crippen LogP contribution >= 0.6 is 0 Å². The summed E-state index contributed by atoms with van der Waals surface area (Å²) in [7, 11) is 1.78. The fourth-order valence-corrected chi connectivity index (χ4v) is 1.64. The second kappa shape index (κ2) is 4.58. The van der Waals surface area contributed by atoms with Gasteiger partial charge < -0.3 is 15.0 Å². The summed E-state index contributed by atoms with van der Waals surface area (Å²) in [6.45, 7) is 5.83. The van der Waals surface area contributed by atoms with Crippen molar-refractivity contribution < 1.29 is 9.53 Å². The van der Waals surface area contributed by atoms with E-state index < -0.39 is 0 Å². The van der Waals surface area contributed by atoms with Crippen LogP contribution in [0.25, 0.3) is 0 Å². The van der Waals surface area contributed by atoms with E-state index in [4.69, 9.17) is 4.74 Å². The topological polar surface area (TPSA) is 41.6 Å². The summed E-state index contributed by atoms with van der Waals surface area (Å²) in [5, 5.41) is 2.86. The number of morpholine rings is 1. The Morgan fingerprint density at radius 1 is 1.46 bits per heavy atom. The summed E-state index contributed by atoms with van der Waals surface area (Å²) in [5.41, 5.74) is 0. The summed E-state index contributed by atoms with van der Waals surface area (Å²) in [6, 6.07) is 0. The predicted octanol–water partition coefficient (Wildman–Crippen LogP) is -0.158. The maximum atomic E-state index is 11.5. The molecule has 0 aromatic carbocycles. The molecule has 1 amide bonds. The largest absolute Gasteiger partial charge is 0.372 e. The number of nitrogens with zero attached hydrogens (tertiary/aromatic N) is 1. The van der Waals surface area contributed by atoms with Crippen molar-refractivity contribution in [3.8, 4) is 0 Å². The van der Waals surface area contributed by atoms with Crippen molar-refractivity contribution in [1.29, 1.82) is 0 Å². The first-order chi connectivity index (χ1) is 6.13. The molecule has 1 heterocycles. The molecule has 0 aromatic heterocycles.